The lowest BCUT2D eigenvalue weighted by molar-refractivity contribution is -0.190. The van der Waals surface area contributed by atoms with Gasteiger partial charge in [-0.1, -0.05) is 17.7 Å². The zero-order chi connectivity index (χ0) is 36.7. The van der Waals surface area contributed by atoms with Crippen molar-refractivity contribution in [3.63, 3.8) is 0 Å². The molecule has 1 saturated heterocycles. The lowest BCUT2D eigenvalue weighted by Gasteiger charge is -2.42. The molecule has 3 aromatic rings. The molecule has 2 N–H and O–H groups in total. The van der Waals surface area contributed by atoms with Gasteiger partial charge in [0, 0.05) is 36.4 Å². The topological polar surface area (TPSA) is 131 Å². The summed E-state index contributed by atoms with van der Waals surface area (Å²) in [6.45, 7) is 14.4. The van der Waals surface area contributed by atoms with Crippen LogP contribution in [0.4, 0.5) is 19.0 Å². The lowest BCUT2D eigenvalue weighted by atomic mass is 9.92. The van der Waals surface area contributed by atoms with Crippen LogP contribution in [0.15, 0.2) is 41.6 Å². The van der Waals surface area contributed by atoms with Crippen LogP contribution in [0.25, 0.3) is 5.82 Å². The first kappa shape index (κ1) is 37.8. The average Bonchev–Trinajstić information content (AvgIpc) is 3.54. The number of sulfonamides is 1. The van der Waals surface area contributed by atoms with E-state index in [9.17, 15) is 26.4 Å². The quantitative estimate of drug-likeness (QED) is 0.141. The second-order valence-corrected chi connectivity index (χ2v) is 16.9. The molecule has 1 saturated carbocycles. The van der Waals surface area contributed by atoms with E-state index >= 15 is 0 Å². The number of amides is 1. The van der Waals surface area contributed by atoms with E-state index in [0.29, 0.717) is 23.8 Å². The summed E-state index contributed by atoms with van der Waals surface area (Å²) >= 11 is 6.29. The van der Waals surface area contributed by atoms with Gasteiger partial charge in [0.05, 0.1) is 17.6 Å². The van der Waals surface area contributed by atoms with Gasteiger partial charge in [-0.15, -0.1) is 5.10 Å². The first-order valence-corrected chi connectivity index (χ1v) is 18.6. The highest BCUT2D eigenvalue weighted by molar-refractivity contribution is 7.90. The van der Waals surface area contributed by atoms with E-state index in [0.717, 1.165) is 25.8 Å². The number of pyridine rings is 2. The minimum atomic E-state index is -4.38. The van der Waals surface area contributed by atoms with Crippen molar-refractivity contribution in [3.8, 4) is 11.7 Å². The van der Waals surface area contributed by atoms with Gasteiger partial charge < -0.3 is 10.1 Å². The number of halogens is 4. The van der Waals surface area contributed by atoms with Crippen LogP contribution in [0, 0.1) is 18.3 Å². The maximum Gasteiger partial charge on any atom is 0.394 e. The third-order valence-electron chi connectivity index (χ3n) is 9.56. The number of aromatic nitrogens is 4. The van der Waals surface area contributed by atoms with Gasteiger partial charge >= 0.3 is 6.18 Å². The number of rotatable bonds is 13. The number of carbonyl (C=O) groups is 1. The van der Waals surface area contributed by atoms with E-state index in [1.165, 1.54) is 29.1 Å². The number of nitrogens with one attached hydrogen (secondary N) is 2. The molecule has 2 aliphatic rings. The van der Waals surface area contributed by atoms with Gasteiger partial charge in [-0.2, -0.15) is 21.6 Å². The minimum absolute atomic E-state index is 0.0916. The Morgan fingerprint density at radius 3 is 2.44 bits per heavy atom. The number of aryl methyl sites for hydroxylation is 1. The Kier molecular flexibility index (Phi) is 10.5. The highest BCUT2D eigenvalue weighted by atomic mass is 35.5. The maximum atomic E-state index is 13.3. The predicted molar refractivity (Wildman–Crippen MR) is 184 cm³/mol. The van der Waals surface area contributed by atoms with Crippen LogP contribution in [0.1, 0.15) is 89.1 Å². The summed E-state index contributed by atoms with van der Waals surface area (Å²) in [5.74, 6) is 0.228. The van der Waals surface area contributed by atoms with Gasteiger partial charge in [0.15, 0.2) is 10.8 Å². The second kappa shape index (κ2) is 13.9. The van der Waals surface area contributed by atoms with E-state index in [4.69, 9.17) is 16.3 Å². The van der Waals surface area contributed by atoms with Crippen LogP contribution in [0.2, 0.25) is 5.15 Å². The summed E-state index contributed by atoms with van der Waals surface area (Å²) in [6, 6.07) is 7.48. The monoisotopic (exact) mass is 739 g/mol. The first-order chi connectivity index (χ1) is 23.2. The Balaban J connectivity index is 1.15. The van der Waals surface area contributed by atoms with Crippen LogP contribution in [-0.4, -0.2) is 75.9 Å². The lowest BCUT2D eigenvalue weighted by Crippen LogP contribution is -2.50. The average molecular weight is 740 g/mol. The number of alkyl halides is 3. The van der Waals surface area contributed by atoms with Crippen molar-refractivity contribution in [2.75, 3.05) is 25.0 Å². The van der Waals surface area contributed by atoms with Crippen molar-refractivity contribution >= 4 is 33.3 Å². The zero-order valence-corrected chi connectivity index (χ0v) is 30.8. The number of hydrogen-bond donors (Lipinski definition) is 2. The summed E-state index contributed by atoms with van der Waals surface area (Å²) in [5.41, 5.74) is -1.29. The van der Waals surface area contributed by atoms with Gasteiger partial charge in [-0.3, -0.25) is 9.69 Å². The smallest absolute Gasteiger partial charge is 0.394 e. The molecule has 2 fully saturated rings. The summed E-state index contributed by atoms with van der Waals surface area (Å²) in [5, 5.41) is 6.80. The molecule has 0 bridgehead atoms. The van der Waals surface area contributed by atoms with E-state index in [1.807, 2.05) is 4.72 Å². The summed E-state index contributed by atoms with van der Waals surface area (Å²) in [6.07, 6.45) is 0.278. The normalized spacial score (nSPS) is 19.0. The molecule has 11 nitrogen and oxygen atoms in total. The standard InChI is InChI=1S/C34H45ClF3N7O4S/c1-22-9-11-25(39-17-7-8-23-20-32(5,6)45(21-23)31(2,3)4)40-30(22)50(47,48)43-29(46)24-10-12-26(41-28(24)35)44-18-13-27(42-44)49-19-16-33(14-15-33)34(36,37)38/h9-13,18,23H,7-8,14-17,19-21H2,1-6H3,(H,39,40)(H,43,46). The van der Waals surface area contributed by atoms with Gasteiger partial charge in [0.2, 0.25) is 5.88 Å². The molecule has 1 atom stereocenters. The van der Waals surface area contributed by atoms with Crippen LogP contribution in [0.3, 0.4) is 0 Å². The van der Waals surface area contributed by atoms with Gasteiger partial charge in [-0.05, 0) is 110 Å². The molecule has 274 valence electrons. The number of nitrogens with zero attached hydrogens (tertiary/aromatic N) is 5. The Morgan fingerprint density at radius 1 is 1.10 bits per heavy atom. The Bertz CT molecular complexity index is 1820. The van der Waals surface area contributed by atoms with E-state index in [2.05, 4.69) is 59.9 Å². The molecule has 16 heteroatoms. The summed E-state index contributed by atoms with van der Waals surface area (Å²) in [4.78, 5) is 24.1. The highest BCUT2D eigenvalue weighted by Gasteiger charge is 2.62. The van der Waals surface area contributed by atoms with Crippen molar-refractivity contribution in [3.05, 3.63) is 52.8 Å². The number of carbonyl (C=O) groups excluding carboxylic acids is 1. The summed E-state index contributed by atoms with van der Waals surface area (Å²) in [7, 11) is -4.38. The largest absolute Gasteiger partial charge is 0.477 e. The third-order valence-corrected chi connectivity index (χ3v) is 11.2. The molecule has 1 aliphatic heterocycles. The van der Waals surface area contributed by atoms with Gasteiger partial charge in [0.25, 0.3) is 15.9 Å². The maximum absolute atomic E-state index is 13.3. The molecule has 50 heavy (non-hydrogen) atoms. The predicted octanol–water partition coefficient (Wildman–Crippen LogP) is 6.95. The van der Waals surface area contributed by atoms with Crippen molar-refractivity contribution in [2.45, 2.75) is 102 Å². The molecule has 0 spiro atoms. The van der Waals surface area contributed by atoms with Crippen molar-refractivity contribution < 1.29 is 31.1 Å². The van der Waals surface area contributed by atoms with Gasteiger partial charge in [-0.25, -0.2) is 19.4 Å². The number of hydrogen-bond acceptors (Lipinski definition) is 9. The fourth-order valence-corrected chi connectivity index (χ4v) is 8.28. The Labute approximate surface area is 296 Å². The second-order valence-electron chi connectivity index (χ2n) is 15.0. The van der Waals surface area contributed by atoms with Crippen molar-refractivity contribution in [1.29, 1.82) is 0 Å². The van der Waals surface area contributed by atoms with E-state index < -0.39 is 27.5 Å². The molecular weight excluding hydrogens is 695 g/mol. The third kappa shape index (κ3) is 8.53. The molecule has 1 aliphatic carbocycles. The molecule has 4 heterocycles. The van der Waals surface area contributed by atoms with Crippen LogP contribution < -0.4 is 14.8 Å². The molecular formula is C34H45ClF3N7O4S. The molecule has 0 aromatic carbocycles. The van der Waals surface area contributed by atoms with Crippen molar-refractivity contribution in [2.24, 2.45) is 11.3 Å². The molecule has 1 amide bonds. The number of likely N-dealkylation sites (tertiary alicyclic amines) is 1. The van der Waals surface area contributed by atoms with Gasteiger partial charge in [0.1, 0.15) is 11.0 Å². The van der Waals surface area contributed by atoms with E-state index in [1.54, 1.807) is 19.1 Å². The van der Waals surface area contributed by atoms with Crippen LogP contribution in [0.5, 0.6) is 5.88 Å². The molecule has 0 radical (unpaired) electrons. The zero-order valence-electron chi connectivity index (χ0n) is 29.2. The Morgan fingerprint density at radius 2 is 1.82 bits per heavy atom. The van der Waals surface area contributed by atoms with Crippen molar-refractivity contribution in [1.82, 2.24) is 29.4 Å². The minimum Gasteiger partial charge on any atom is -0.477 e. The fourth-order valence-electron chi connectivity index (χ4n) is 6.89. The van der Waals surface area contributed by atoms with Crippen LogP contribution in [-0.2, 0) is 10.0 Å². The SMILES string of the molecule is Cc1ccc(NCCCC2CN(C(C)(C)C)C(C)(C)C2)nc1S(=O)(=O)NC(=O)c1ccc(-n2ccc(OCCC3(C(F)(F)F)CC3)n2)nc1Cl. The molecule has 1 unspecified atom stereocenters. The molecule has 5 rings (SSSR count). The van der Waals surface area contributed by atoms with Crippen LogP contribution >= 0.6 is 11.6 Å². The number of ether oxygens (including phenoxy) is 1. The summed E-state index contributed by atoms with van der Waals surface area (Å²) < 4.78 is 74.8. The van der Waals surface area contributed by atoms with E-state index in [-0.39, 0.29) is 64.4 Å². The Hall–Kier alpha value is -3.43. The number of anilines is 1. The first-order valence-electron chi connectivity index (χ1n) is 16.7. The fraction of sp³-hybridized carbons (Fsp3) is 0.588. The molecule has 3 aromatic heterocycles. The highest BCUT2D eigenvalue weighted by Crippen LogP contribution is 2.59.